The largest absolute Gasteiger partial charge is 0.391 e. The van der Waals surface area contributed by atoms with Crippen LogP contribution in [0.25, 0.3) is 0 Å². The van der Waals surface area contributed by atoms with E-state index in [1.165, 1.54) is 0 Å². The van der Waals surface area contributed by atoms with Crippen molar-refractivity contribution in [3.05, 3.63) is 28.8 Å². The van der Waals surface area contributed by atoms with E-state index in [2.05, 4.69) is 5.32 Å². The first-order valence-electron chi connectivity index (χ1n) is 5.17. The molecule has 1 aromatic rings. The molecule has 0 radical (unpaired) electrons. The van der Waals surface area contributed by atoms with Crippen LogP contribution in [0.4, 0.5) is 14.5 Å². The highest BCUT2D eigenvalue weighted by molar-refractivity contribution is 6.33. The van der Waals surface area contributed by atoms with E-state index in [-0.39, 0.29) is 16.8 Å². The summed E-state index contributed by atoms with van der Waals surface area (Å²) in [5.74, 6) is -1.44. The molecule has 2 atom stereocenters. The number of hydrogen-bond donors (Lipinski definition) is 2. The fourth-order valence-electron chi connectivity index (χ4n) is 1.97. The average molecular weight is 248 g/mol. The number of nitrogens with one attached hydrogen (secondary N) is 1. The predicted molar refractivity (Wildman–Crippen MR) is 58.6 cm³/mol. The van der Waals surface area contributed by atoms with Crippen molar-refractivity contribution in [2.75, 3.05) is 5.32 Å². The van der Waals surface area contributed by atoms with Gasteiger partial charge < -0.3 is 10.4 Å². The molecule has 1 fully saturated rings. The number of rotatable bonds is 2. The highest BCUT2D eigenvalue weighted by atomic mass is 35.5. The van der Waals surface area contributed by atoms with Crippen molar-refractivity contribution in [2.45, 2.75) is 31.4 Å². The highest BCUT2D eigenvalue weighted by Gasteiger charge is 2.26. The van der Waals surface area contributed by atoms with E-state index in [1.54, 1.807) is 0 Å². The summed E-state index contributed by atoms with van der Waals surface area (Å²) in [6.07, 6.45) is 1.84. The molecule has 0 heterocycles. The van der Waals surface area contributed by atoms with E-state index in [9.17, 15) is 13.9 Å². The van der Waals surface area contributed by atoms with Gasteiger partial charge in [-0.2, -0.15) is 0 Å². The monoisotopic (exact) mass is 247 g/mol. The molecule has 0 spiro atoms. The molecule has 2 N–H and O–H groups in total. The first kappa shape index (κ1) is 11.6. The van der Waals surface area contributed by atoms with Crippen molar-refractivity contribution in [3.63, 3.8) is 0 Å². The molecule has 0 amide bonds. The predicted octanol–water partition coefficient (Wildman–Crippen LogP) is 2.94. The lowest BCUT2D eigenvalue weighted by atomic mass is 10.2. The van der Waals surface area contributed by atoms with Crippen LogP contribution in [0.5, 0.6) is 0 Å². The number of aliphatic hydroxyl groups is 1. The van der Waals surface area contributed by atoms with E-state index in [0.29, 0.717) is 6.42 Å². The van der Waals surface area contributed by atoms with Gasteiger partial charge in [0.05, 0.1) is 22.9 Å². The van der Waals surface area contributed by atoms with Crippen molar-refractivity contribution in [1.82, 2.24) is 0 Å². The molecule has 0 aromatic heterocycles. The maximum absolute atomic E-state index is 13.4. The molecule has 5 heteroatoms. The van der Waals surface area contributed by atoms with E-state index in [0.717, 1.165) is 25.0 Å². The zero-order valence-corrected chi connectivity index (χ0v) is 9.27. The minimum atomic E-state index is -0.732. The molecular formula is C11H12ClF2NO. The quantitative estimate of drug-likeness (QED) is 0.842. The zero-order valence-electron chi connectivity index (χ0n) is 8.51. The Kier molecular flexibility index (Phi) is 3.30. The van der Waals surface area contributed by atoms with Crippen molar-refractivity contribution in [1.29, 1.82) is 0 Å². The third kappa shape index (κ3) is 2.28. The van der Waals surface area contributed by atoms with Gasteiger partial charge in [-0.05, 0) is 25.3 Å². The molecule has 1 aliphatic rings. The molecule has 0 saturated heterocycles. The van der Waals surface area contributed by atoms with Crippen molar-refractivity contribution < 1.29 is 13.9 Å². The second-order valence-electron chi connectivity index (χ2n) is 3.99. The van der Waals surface area contributed by atoms with Crippen LogP contribution in [-0.2, 0) is 0 Å². The van der Waals surface area contributed by atoms with Crippen LogP contribution in [0.15, 0.2) is 12.1 Å². The number of hydrogen-bond acceptors (Lipinski definition) is 2. The third-order valence-electron chi connectivity index (χ3n) is 2.82. The van der Waals surface area contributed by atoms with E-state index < -0.39 is 17.7 Å². The van der Waals surface area contributed by atoms with Crippen LogP contribution in [-0.4, -0.2) is 17.3 Å². The summed E-state index contributed by atoms with van der Waals surface area (Å²) in [6.45, 7) is 0. The standard InChI is InChI=1S/C11H12ClF2NO/c12-7-4-6(13)5-8(14)11(7)15-9-2-1-3-10(9)16/h4-5,9-10,15-16H,1-3H2/t9-,10-/m0/s1. The Morgan fingerprint density at radius 1 is 1.31 bits per heavy atom. The molecule has 0 unspecified atom stereocenters. The Morgan fingerprint density at radius 2 is 2.06 bits per heavy atom. The minimum absolute atomic E-state index is 0.00315. The van der Waals surface area contributed by atoms with Gasteiger partial charge in [0.25, 0.3) is 0 Å². The van der Waals surface area contributed by atoms with Gasteiger partial charge in [0.2, 0.25) is 0 Å². The molecule has 1 aliphatic carbocycles. The Balaban J connectivity index is 2.21. The molecule has 1 saturated carbocycles. The third-order valence-corrected chi connectivity index (χ3v) is 3.11. The summed E-state index contributed by atoms with van der Waals surface area (Å²) in [5, 5.41) is 12.4. The summed E-state index contributed by atoms with van der Waals surface area (Å²) < 4.78 is 26.2. The highest BCUT2D eigenvalue weighted by Crippen LogP contribution is 2.30. The molecular weight excluding hydrogens is 236 g/mol. The Bertz CT molecular complexity index is 377. The maximum atomic E-state index is 13.4. The van der Waals surface area contributed by atoms with Crippen LogP contribution in [0.1, 0.15) is 19.3 Å². The van der Waals surface area contributed by atoms with Crippen LogP contribution in [0.3, 0.4) is 0 Å². The number of aliphatic hydroxyl groups excluding tert-OH is 1. The van der Waals surface area contributed by atoms with Crippen molar-refractivity contribution in [3.8, 4) is 0 Å². The SMILES string of the molecule is O[C@H]1CCC[C@@H]1Nc1c(F)cc(F)cc1Cl. The van der Waals surface area contributed by atoms with Crippen molar-refractivity contribution in [2.24, 2.45) is 0 Å². The normalized spacial score (nSPS) is 24.8. The smallest absolute Gasteiger partial charge is 0.150 e. The first-order chi connectivity index (χ1) is 7.58. The topological polar surface area (TPSA) is 32.3 Å². The minimum Gasteiger partial charge on any atom is -0.391 e. The summed E-state index contributed by atoms with van der Waals surface area (Å²) >= 11 is 5.74. The number of anilines is 1. The average Bonchev–Trinajstić information content (AvgIpc) is 2.57. The van der Waals surface area contributed by atoms with Crippen LogP contribution in [0.2, 0.25) is 5.02 Å². The fraction of sp³-hybridized carbons (Fsp3) is 0.455. The second kappa shape index (κ2) is 4.55. The second-order valence-corrected chi connectivity index (χ2v) is 4.40. The van der Waals surface area contributed by atoms with Gasteiger partial charge in [-0.3, -0.25) is 0 Å². The Labute approximate surface area is 97.2 Å². The number of halogens is 3. The van der Waals surface area contributed by atoms with Gasteiger partial charge in [0.1, 0.15) is 5.82 Å². The van der Waals surface area contributed by atoms with E-state index >= 15 is 0 Å². The summed E-state index contributed by atoms with van der Waals surface area (Å²) in [5.41, 5.74) is 0.0639. The van der Waals surface area contributed by atoms with Gasteiger partial charge in [0, 0.05) is 6.07 Å². The summed E-state index contributed by atoms with van der Waals surface area (Å²) in [4.78, 5) is 0. The van der Waals surface area contributed by atoms with E-state index in [4.69, 9.17) is 11.6 Å². The Morgan fingerprint density at radius 3 is 2.62 bits per heavy atom. The molecule has 0 aliphatic heterocycles. The molecule has 0 bridgehead atoms. The molecule has 2 nitrogen and oxygen atoms in total. The lowest BCUT2D eigenvalue weighted by Gasteiger charge is -2.19. The van der Waals surface area contributed by atoms with Crippen LogP contribution in [0, 0.1) is 11.6 Å². The first-order valence-corrected chi connectivity index (χ1v) is 5.55. The zero-order chi connectivity index (χ0) is 11.7. The fourth-order valence-corrected chi connectivity index (χ4v) is 2.22. The summed E-state index contributed by atoms with van der Waals surface area (Å²) in [7, 11) is 0. The van der Waals surface area contributed by atoms with Crippen LogP contribution < -0.4 is 5.32 Å². The Hall–Kier alpha value is -0.870. The van der Waals surface area contributed by atoms with Gasteiger partial charge in [-0.15, -0.1) is 0 Å². The lowest BCUT2D eigenvalue weighted by Crippen LogP contribution is -2.28. The molecule has 16 heavy (non-hydrogen) atoms. The summed E-state index contributed by atoms with van der Waals surface area (Å²) in [6, 6.07) is 1.61. The van der Waals surface area contributed by atoms with E-state index in [1.807, 2.05) is 0 Å². The molecule has 2 rings (SSSR count). The van der Waals surface area contributed by atoms with Gasteiger partial charge in [-0.1, -0.05) is 11.6 Å². The molecule has 88 valence electrons. The van der Waals surface area contributed by atoms with Gasteiger partial charge in [0.15, 0.2) is 5.82 Å². The number of benzene rings is 1. The van der Waals surface area contributed by atoms with Gasteiger partial charge in [-0.25, -0.2) is 8.78 Å². The van der Waals surface area contributed by atoms with Crippen LogP contribution >= 0.6 is 11.6 Å². The maximum Gasteiger partial charge on any atom is 0.150 e. The molecule has 1 aromatic carbocycles. The van der Waals surface area contributed by atoms with Gasteiger partial charge >= 0.3 is 0 Å². The lowest BCUT2D eigenvalue weighted by molar-refractivity contribution is 0.171. The van der Waals surface area contributed by atoms with Crippen molar-refractivity contribution >= 4 is 17.3 Å².